The number of aliphatic hydroxyl groups excluding tert-OH is 1. The van der Waals surface area contributed by atoms with Crippen molar-refractivity contribution in [2.75, 3.05) is 11.9 Å². The minimum absolute atomic E-state index is 0.0920. The Morgan fingerprint density at radius 2 is 2.15 bits per heavy atom. The molecule has 0 spiro atoms. The fourth-order valence-corrected chi connectivity index (χ4v) is 3.90. The second-order valence-corrected chi connectivity index (χ2v) is 7.70. The Labute approximate surface area is 125 Å². The normalized spacial score (nSPS) is 29.1. The van der Waals surface area contributed by atoms with E-state index in [1.807, 2.05) is 18.2 Å². The Hall–Kier alpha value is -0.780. The number of nitrogens with one attached hydrogen (secondary N) is 1. The van der Waals surface area contributed by atoms with Gasteiger partial charge in [-0.2, -0.15) is 0 Å². The second-order valence-electron chi connectivity index (χ2n) is 7.05. The van der Waals surface area contributed by atoms with Crippen LogP contribution in [0.2, 0.25) is 0 Å². The summed E-state index contributed by atoms with van der Waals surface area (Å²) >= 11 is 1.15. The van der Waals surface area contributed by atoms with Gasteiger partial charge in [-0.3, -0.25) is 5.14 Å². The summed E-state index contributed by atoms with van der Waals surface area (Å²) in [6.07, 6.45) is 2.63. The summed E-state index contributed by atoms with van der Waals surface area (Å²) in [5.74, 6) is 0.847. The molecule has 4 N–H and O–H groups in total. The van der Waals surface area contributed by atoms with Crippen molar-refractivity contribution in [2.24, 2.45) is 16.0 Å². The van der Waals surface area contributed by atoms with Crippen LogP contribution in [-0.4, -0.2) is 22.7 Å². The van der Waals surface area contributed by atoms with Crippen LogP contribution in [0, 0.1) is 10.8 Å². The lowest BCUT2D eigenvalue weighted by Gasteiger charge is -2.45. The van der Waals surface area contributed by atoms with E-state index in [9.17, 15) is 5.11 Å². The van der Waals surface area contributed by atoms with Crippen molar-refractivity contribution in [1.82, 2.24) is 4.98 Å². The number of rotatable bonds is 4. The highest BCUT2D eigenvalue weighted by atomic mass is 32.2. The third-order valence-electron chi connectivity index (χ3n) is 3.96. The number of hydrogen-bond acceptors (Lipinski definition) is 5. The molecule has 1 fully saturated rings. The highest BCUT2D eigenvalue weighted by Crippen LogP contribution is 2.46. The monoisotopic (exact) mass is 295 g/mol. The lowest BCUT2D eigenvalue weighted by molar-refractivity contribution is -0.00320. The van der Waals surface area contributed by atoms with Crippen LogP contribution in [0.3, 0.4) is 0 Å². The van der Waals surface area contributed by atoms with Crippen molar-refractivity contribution < 1.29 is 5.11 Å². The van der Waals surface area contributed by atoms with Crippen LogP contribution in [-0.2, 0) is 0 Å². The number of anilines is 1. The van der Waals surface area contributed by atoms with E-state index >= 15 is 0 Å². The number of aliphatic hydroxyl groups is 1. The fourth-order valence-electron chi connectivity index (χ4n) is 3.60. The predicted octanol–water partition coefficient (Wildman–Crippen LogP) is 3.04. The number of nitrogens with zero attached hydrogens (tertiary/aromatic N) is 1. The van der Waals surface area contributed by atoms with Crippen molar-refractivity contribution in [3.63, 3.8) is 0 Å². The quantitative estimate of drug-likeness (QED) is 0.745. The average molecular weight is 295 g/mol. The highest BCUT2D eigenvalue weighted by molar-refractivity contribution is 7.97. The van der Waals surface area contributed by atoms with E-state index in [4.69, 9.17) is 5.14 Å². The summed E-state index contributed by atoms with van der Waals surface area (Å²) in [4.78, 5) is 4.43. The second kappa shape index (κ2) is 5.92. The smallest absolute Gasteiger partial charge is 0.127 e. The van der Waals surface area contributed by atoms with Gasteiger partial charge in [-0.1, -0.05) is 26.8 Å². The molecule has 1 heterocycles. The zero-order valence-corrected chi connectivity index (χ0v) is 13.3. The van der Waals surface area contributed by atoms with Crippen molar-refractivity contribution in [1.29, 1.82) is 0 Å². The Morgan fingerprint density at radius 1 is 1.40 bits per heavy atom. The van der Waals surface area contributed by atoms with Crippen LogP contribution in [0.1, 0.15) is 40.0 Å². The van der Waals surface area contributed by atoms with E-state index < -0.39 is 0 Å². The van der Waals surface area contributed by atoms with Gasteiger partial charge in [0.15, 0.2) is 0 Å². The molecule has 0 bridgehead atoms. The summed E-state index contributed by atoms with van der Waals surface area (Å²) < 4.78 is 0. The molecule has 1 aromatic heterocycles. The van der Waals surface area contributed by atoms with E-state index in [-0.39, 0.29) is 16.9 Å². The van der Waals surface area contributed by atoms with Gasteiger partial charge in [0.1, 0.15) is 10.8 Å². The van der Waals surface area contributed by atoms with Gasteiger partial charge in [0, 0.05) is 6.54 Å². The summed E-state index contributed by atoms with van der Waals surface area (Å²) in [6.45, 7) is 7.53. The summed E-state index contributed by atoms with van der Waals surface area (Å²) in [5.41, 5.74) is 0.283. The van der Waals surface area contributed by atoms with E-state index in [0.717, 1.165) is 48.6 Å². The van der Waals surface area contributed by atoms with Crippen LogP contribution in [0.25, 0.3) is 0 Å². The van der Waals surface area contributed by atoms with Gasteiger partial charge in [-0.05, 0) is 54.2 Å². The van der Waals surface area contributed by atoms with Crippen molar-refractivity contribution in [3.05, 3.63) is 18.2 Å². The third kappa shape index (κ3) is 4.11. The van der Waals surface area contributed by atoms with E-state index in [0.29, 0.717) is 0 Å². The number of pyridine rings is 1. The lowest BCUT2D eigenvalue weighted by Crippen LogP contribution is -2.42. The zero-order chi connectivity index (χ0) is 14.8. The highest BCUT2D eigenvalue weighted by Gasteiger charge is 2.40. The molecule has 1 aliphatic carbocycles. The van der Waals surface area contributed by atoms with Gasteiger partial charge < -0.3 is 10.4 Å². The molecule has 2 unspecified atom stereocenters. The van der Waals surface area contributed by atoms with Gasteiger partial charge in [0.2, 0.25) is 0 Å². The summed E-state index contributed by atoms with van der Waals surface area (Å²) in [7, 11) is 0. The molecule has 0 aromatic carbocycles. The molecule has 1 aromatic rings. The third-order valence-corrected chi connectivity index (χ3v) is 4.43. The van der Waals surface area contributed by atoms with E-state index in [1.54, 1.807) is 0 Å². The molecule has 0 aliphatic heterocycles. The molecule has 1 saturated carbocycles. The first-order valence-corrected chi connectivity index (χ1v) is 7.96. The maximum Gasteiger partial charge on any atom is 0.127 e. The molecule has 0 amide bonds. The molecule has 112 valence electrons. The molecule has 5 heteroatoms. The molecule has 4 nitrogen and oxygen atoms in total. The molecular formula is C15H25N3OS. The maximum absolute atomic E-state index is 10.1. The van der Waals surface area contributed by atoms with Gasteiger partial charge in [0.05, 0.1) is 6.10 Å². The van der Waals surface area contributed by atoms with Crippen molar-refractivity contribution >= 4 is 17.8 Å². The van der Waals surface area contributed by atoms with Crippen LogP contribution in [0.15, 0.2) is 23.2 Å². The van der Waals surface area contributed by atoms with Gasteiger partial charge in [0.25, 0.3) is 0 Å². The predicted molar refractivity (Wildman–Crippen MR) is 84.5 cm³/mol. The summed E-state index contributed by atoms with van der Waals surface area (Å²) in [6, 6.07) is 5.80. The largest absolute Gasteiger partial charge is 0.393 e. The molecule has 2 atom stereocenters. The van der Waals surface area contributed by atoms with E-state index in [2.05, 4.69) is 31.1 Å². The van der Waals surface area contributed by atoms with Crippen LogP contribution < -0.4 is 10.5 Å². The Bertz CT molecular complexity index is 466. The number of hydrogen-bond donors (Lipinski definition) is 3. The number of nitrogens with two attached hydrogens (primary N) is 1. The topological polar surface area (TPSA) is 71.2 Å². The average Bonchev–Trinajstić information content (AvgIpc) is 2.34. The minimum Gasteiger partial charge on any atom is -0.393 e. The summed E-state index contributed by atoms with van der Waals surface area (Å²) in [5, 5.41) is 19.8. The molecule has 2 rings (SSSR count). The Morgan fingerprint density at radius 3 is 2.80 bits per heavy atom. The SMILES string of the molecule is CC1(C)CC(O)CC(C)(CNc2cccc(SN)n2)C1. The minimum atomic E-state index is -0.204. The zero-order valence-electron chi connectivity index (χ0n) is 12.5. The first kappa shape index (κ1) is 15.6. The Kier molecular flexibility index (Phi) is 4.62. The van der Waals surface area contributed by atoms with Crippen molar-refractivity contribution in [2.45, 2.75) is 51.2 Å². The lowest BCUT2D eigenvalue weighted by atomic mass is 9.63. The molecular weight excluding hydrogens is 270 g/mol. The first-order chi connectivity index (χ1) is 9.32. The van der Waals surface area contributed by atoms with E-state index in [1.165, 1.54) is 0 Å². The molecule has 1 aliphatic rings. The molecule has 0 radical (unpaired) electrons. The van der Waals surface area contributed by atoms with Gasteiger partial charge >= 0.3 is 0 Å². The van der Waals surface area contributed by atoms with Crippen LogP contribution in [0.4, 0.5) is 5.82 Å². The van der Waals surface area contributed by atoms with Crippen LogP contribution >= 0.6 is 11.9 Å². The van der Waals surface area contributed by atoms with Crippen LogP contribution in [0.5, 0.6) is 0 Å². The van der Waals surface area contributed by atoms with Crippen molar-refractivity contribution in [3.8, 4) is 0 Å². The number of aromatic nitrogens is 1. The van der Waals surface area contributed by atoms with Gasteiger partial charge in [-0.25, -0.2) is 4.98 Å². The van der Waals surface area contributed by atoms with Gasteiger partial charge in [-0.15, -0.1) is 0 Å². The molecule has 0 saturated heterocycles. The Balaban J connectivity index is 2.01. The first-order valence-electron chi connectivity index (χ1n) is 7.08. The fraction of sp³-hybridized carbons (Fsp3) is 0.667. The molecule has 20 heavy (non-hydrogen) atoms. The standard InChI is InChI=1S/C15H25N3OS/c1-14(2)7-11(19)8-15(3,9-14)10-17-12-5-4-6-13(18-12)20-16/h4-6,11,19H,7-10,16H2,1-3H3,(H,17,18). The maximum atomic E-state index is 10.1.